The van der Waals surface area contributed by atoms with Crippen molar-refractivity contribution >= 4 is 0 Å². The summed E-state index contributed by atoms with van der Waals surface area (Å²) >= 11 is 0. The summed E-state index contributed by atoms with van der Waals surface area (Å²) in [6, 6.07) is 37.6. The van der Waals surface area contributed by atoms with Crippen LogP contribution in [0.15, 0.2) is 121 Å². The highest BCUT2D eigenvalue weighted by molar-refractivity contribution is 5.43. The van der Waals surface area contributed by atoms with Gasteiger partial charge in [-0.1, -0.05) is 121 Å². The van der Waals surface area contributed by atoms with Crippen LogP contribution < -0.4 is 0 Å². The molecule has 1 fully saturated rings. The maximum atomic E-state index is 12.7. The van der Waals surface area contributed by atoms with E-state index in [9.17, 15) is 10.4 Å². The Morgan fingerprint density at radius 3 is 1.28 bits per heavy atom. The van der Waals surface area contributed by atoms with Crippen LogP contribution in [0.25, 0.3) is 0 Å². The van der Waals surface area contributed by atoms with Gasteiger partial charge < -0.3 is 14.6 Å². The van der Waals surface area contributed by atoms with Crippen LogP contribution in [0.4, 0.5) is 0 Å². The summed E-state index contributed by atoms with van der Waals surface area (Å²) in [5.74, 6) is -1.08. The normalized spacial score (nSPS) is 19.8. The highest BCUT2D eigenvalue weighted by Gasteiger charge is 2.62. The molecule has 0 saturated carbocycles. The van der Waals surface area contributed by atoms with Crippen molar-refractivity contribution in [3.8, 4) is 0 Å². The minimum atomic E-state index is -1.63. The predicted molar refractivity (Wildman–Crippen MR) is 137 cm³/mol. The average molecular weight is 483 g/mol. The van der Waals surface area contributed by atoms with Crippen LogP contribution >= 0.6 is 0 Å². The van der Waals surface area contributed by atoms with Crippen molar-refractivity contribution in [3.05, 3.63) is 144 Å². The first kappa shape index (κ1) is 24.4. The molecule has 0 unspecified atom stereocenters. The van der Waals surface area contributed by atoms with Crippen molar-refractivity contribution in [3.63, 3.8) is 0 Å². The van der Waals surface area contributed by atoms with Crippen molar-refractivity contribution in [2.45, 2.75) is 43.0 Å². The smallest absolute Gasteiger partial charge is 0.182 e. The van der Waals surface area contributed by atoms with Crippen LogP contribution in [-0.4, -0.2) is 28.4 Å². The Morgan fingerprint density at radius 1 is 0.583 bits per heavy atom. The summed E-state index contributed by atoms with van der Waals surface area (Å²) in [6.45, 7) is 3.60. The molecule has 2 N–H and O–H groups in total. The molecule has 0 bridgehead atoms. The molecule has 4 aromatic carbocycles. The first-order chi connectivity index (χ1) is 17.4. The van der Waals surface area contributed by atoms with Gasteiger partial charge in [-0.15, -0.1) is 0 Å². The molecule has 5 nitrogen and oxygen atoms in total. The number of aliphatic hydroxyl groups is 1. The molecule has 1 heterocycles. The second-order valence-corrected chi connectivity index (χ2v) is 9.53. The highest BCUT2D eigenvalue weighted by atomic mass is 17.1. The van der Waals surface area contributed by atoms with Gasteiger partial charge >= 0.3 is 0 Å². The Hall–Kier alpha value is -3.32. The van der Waals surface area contributed by atoms with E-state index in [1.54, 1.807) is 13.8 Å². The maximum absolute atomic E-state index is 12.7. The number of rotatable bonds is 7. The lowest BCUT2D eigenvalue weighted by molar-refractivity contribution is -0.344. The number of hydrogen-bond donors (Lipinski definition) is 2. The largest absolute Gasteiger partial charge is 0.378 e. The van der Waals surface area contributed by atoms with E-state index in [1.165, 1.54) is 0 Å². The summed E-state index contributed by atoms with van der Waals surface area (Å²) in [6.07, 6.45) is -1.92. The summed E-state index contributed by atoms with van der Waals surface area (Å²) in [5, 5.41) is 23.4. The van der Waals surface area contributed by atoms with E-state index in [-0.39, 0.29) is 0 Å². The number of benzene rings is 4. The average Bonchev–Trinajstić information content (AvgIpc) is 3.27. The fraction of sp³-hybridized carbons (Fsp3) is 0.226. The zero-order valence-corrected chi connectivity index (χ0v) is 20.3. The van der Waals surface area contributed by atoms with Crippen LogP contribution in [0.2, 0.25) is 0 Å². The number of hydrogen-bond acceptors (Lipinski definition) is 5. The van der Waals surface area contributed by atoms with E-state index in [2.05, 4.69) is 0 Å². The minimum Gasteiger partial charge on any atom is -0.378 e. The monoisotopic (exact) mass is 482 g/mol. The van der Waals surface area contributed by atoms with Gasteiger partial charge in [0.25, 0.3) is 0 Å². The highest BCUT2D eigenvalue weighted by Crippen LogP contribution is 2.51. The molecular weight excluding hydrogens is 452 g/mol. The van der Waals surface area contributed by atoms with Gasteiger partial charge in [-0.2, -0.15) is 0 Å². The standard InChI is InChI=1S/C31H30O5/c1-29(2)34-27(30(32,23-15-7-3-8-16-23)24-17-9-4-10-18-24)28(35-29)31(36-33,25-19-11-5-12-20-25)26-21-13-6-14-22-26/h3-22,27-28,32-33H,1-2H3/t27-,28-/m0/s1. The molecule has 1 aliphatic rings. The molecule has 5 rings (SSSR count). The van der Waals surface area contributed by atoms with Gasteiger partial charge in [-0.25, -0.2) is 4.89 Å². The molecule has 0 amide bonds. The number of ether oxygens (including phenoxy) is 2. The van der Waals surface area contributed by atoms with Crippen molar-refractivity contribution in [2.24, 2.45) is 0 Å². The van der Waals surface area contributed by atoms with E-state index in [0.717, 1.165) is 0 Å². The second-order valence-electron chi connectivity index (χ2n) is 9.53. The molecular formula is C31H30O5. The molecule has 0 aliphatic carbocycles. The molecule has 2 atom stereocenters. The summed E-state index contributed by atoms with van der Waals surface area (Å²) < 4.78 is 13.1. The molecule has 4 aromatic rings. The lowest BCUT2D eigenvalue weighted by atomic mass is 9.72. The summed E-state index contributed by atoms with van der Waals surface area (Å²) in [4.78, 5) is 5.47. The molecule has 5 heteroatoms. The van der Waals surface area contributed by atoms with Crippen LogP contribution in [0.1, 0.15) is 36.1 Å². The zero-order chi connectivity index (χ0) is 25.2. The molecule has 1 aliphatic heterocycles. The van der Waals surface area contributed by atoms with E-state index in [0.29, 0.717) is 22.3 Å². The Bertz CT molecular complexity index is 1180. The van der Waals surface area contributed by atoms with Gasteiger partial charge in [0.2, 0.25) is 0 Å². The fourth-order valence-electron chi connectivity index (χ4n) is 5.27. The van der Waals surface area contributed by atoms with Gasteiger partial charge in [0, 0.05) is 0 Å². The second kappa shape index (κ2) is 9.62. The summed E-state index contributed by atoms with van der Waals surface area (Å²) in [7, 11) is 0. The Kier molecular flexibility index (Phi) is 6.51. The third-order valence-electron chi connectivity index (χ3n) is 6.89. The van der Waals surface area contributed by atoms with Crippen LogP contribution in [-0.2, 0) is 25.6 Å². The molecule has 0 aromatic heterocycles. The van der Waals surface area contributed by atoms with Crippen LogP contribution in [0, 0.1) is 0 Å². The zero-order valence-electron chi connectivity index (χ0n) is 20.3. The summed E-state index contributed by atoms with van der Waals surface area (Å²) in [5.41, 5.74) is -0.523. The fourth-order valence-corrected chi connectivity index (χ4v) is 5.27. The SMILES string of the molecule is CC1(C)O[C@H](C(O)(c2ccccc2)c2ccccc2)[C@@H](C(OO)(c2ccccc2)c2ccccc2)O1. The molecule has 0 spiro atoms. The third kappa shape index (κ3) is 4.05. The molecule has 36 heavy (non-hydrogen) atoms. The third-order valence-corrected chi connectivity index (χ3v) is 6.89. The topological polar surface area (TPSA) is 68.2 Å². The van der Waals surface area contributed by atoms with E-state index in [4.69, 9.17) is 14.4 Å². The van der Waals surface area contributed by atoms with E-state index in [1.807, 2.05) is 121 Å². The van der Waals surface area contributed by atoms with Gasteiger partial charge in [0.15, 0.2) is 11.4 Å². The van der Waals surface area contributed by atoms with Crippen molar-refractivity contribution in [1.82, 2.24) is 0 Å². The molecule has 184 valence electrons. The first-order valence-corrected chi connectivity index (χ1v) is 12.0. The molecule has 0 radical (unpaired) electrons. The van der Waals surface area contributed by atoms with Gasteiger partial charge in [0.05, 0.1) is 0 Å². The quantitative estimate of drug-likeness (QED) is 0.254. The maximum Gasteiger partial charge on any atom is 0.182 e. The lowest BCUT2D eigenvalue weighted by Gasteiger charge is -2.43. The molecule has 1 saturated heterocycles. The van der Waals surface area contributed by atoms with E-state index >= 15 is 0 Å². The van der Waals surface area contributed by atoms with Crippen molar-refractivity contribution in [2.75, 3.05) is 0 Å². The Labute approximate surface area is 211 Å². The van der Waals surface area contributed by atoms with E-state index < -0.39 is 29.2 Å². The Balaban J connectivity index is 1.79. The van der Waals surface area contributed by atoms with Gasteiger partial charge in [-0.05, 0) is 36.1 Å². The van der Waals surface area contributed by atoms with Crippen molar-refractivity contribution < 1.29 is 24.7 Å². The predicted octanol–water partition coefficient (Wildman–Crippen LogP) is 5.88. The first-order valence-electron chi connectivity index (χ1n) is 12.0. The van der Waals surface area contributed by atoms with Gasteiger partial charge in [0.1, 0.15) is 17.8 Å². The van der Waals surface area contributed by atoms with Gasteiger partial charge in [-0.3, -0.25) is 5.26 Å². The lowest BCUT2D eigenvalue weighted by Crippen LogP contribution is -2.55. The Morgan fingerprint density at radius 2 is 0.917 bits per heavy atom. The van der Waals surface area contributed by atoms with Crippen LogP contribution in [0.3, 0.4) is 0 Å². The van der Waals surface area contributed by atoms with Crippen LogP contribution in [0.5, 0.6) is 0 Å². The minimum absolute atomic E-state index is 0.639. The van der Waals surface area contributed by atoms with Crippen molar-refractivity contribution in [1.29, 1.82) is 0 Å².